The van der Waals surface area contributed by atoms with E-state index in [4.69, 9.17) is 5.11 Å². The molecule has 0 fully saturated rings. The molecule has 1 unspecified atom stereocenters. The molecule has 0 saturated heterocycles. The van der Waals surface area contributed by atoms with Gasteiger partial charge in [0.2, 0.25) is 0 Å². The summed E-state index contributed by atoms with van der Waals surface area (Å²) in [5, 5.41) is 11.8. The summed E-state index contributed by atoms with van der Waals surface area (Å²) < 4.78 is 12.3. The van der Waals surface area contributed by atoms with Gasteiger partial charge in [-0.15, -0.1) is 11.3 Å². The molecule has 2 N–H and O–H groups in total. The maximum Gasteiger partial charge on any atom is 0.261 e. The van der Waals surface area contributed by atoms with Crippen LogP contribution in [0.3, 0.4) is 0 Å². The van der Waals surface area contributed by atoms with Gasteiger partial charge in [0.25, 0.3) is 5.91 Å². The van der Waals surface area contributed by atoms with Crippen LogP contribution in [0.15, 0.2) is 12.1 Å². The Labute approximate surface area is 98.3 Å². The Balaban J connectivity index is 2.69. The number of carbonyl (C=O) groups is 1. The molecule has 1 amide bonds. The Morgan fingerprint density at radius 2 is 2.31 bits per heavy atom. The number of aryl methyl sites for hydroxylation is 1. The largest absolute Gasteiger partial charge is 0.394 e. The molecule has 0 radical (unpaired) electrons. The lowest BCUT2D eigenvalue weighted by Crippen LogP contribution is -2.49. The molecule has 1 rings (SSSR count). The third kappa shape index (κ3) is 3.28. The topological polar surface area (TPSA) is 49.3 Å². The van der Waals surface area contributed by atoms with Crippen LogP contribution in [0.4, 0.5) is 4.39 Å². The van der Waals surface area contributed by atoms with Gasteiger partial charge in [-0.1, -0.05) is 0 Å². The first-order valence-electron chi connectivity index (χ1n) is 5.06. The van der Waals surface area contributed by atoms with Crippen molar-refractivity contribution >= 4 is 17.2 Å². The fourth-order valence-electron chi connectivity index (χ4n) is 1.28. The van der Waals surface area contributed by atoms with Crippen molar-refractivity contribution in [2.75, 3.05) is 13.3 Å². The Kier molecular flexibility index (Phi) is 4.44. The van der Waals surface area contributed by atoms with Gasteiger partial charge in [-0.05, 0) is 26.0 Å². The van der Waals surface area contributed by atoms with Crippen molar-refractivity contribution in [2.45, 2.75) is 25.8 Å². The molecule has 16 heavy (non-hydrogen) atoms. The lowest BCUT2D eigenvalue weighted by atomic mass is 10.00. The first-order chi connectivity index (χ1) is 7.50. The fraction of sp³-hybridized carbons (Fsp3) is 0.545. The van der Waals surface area contributed by atoms with Gasteiger partial charge in [-0.2, -0.15) is 0 Å². The first-order valence-corrected chi connectivity index (χ1v) is 5.88. The molecule has 0 bridgehead atoms. The number of nitrogens with one attached hydrogen (secondary N) is 1. The van der Waals surface area contributed by atoms with Crippen molar-refractivity contribution in [2.24, 2.45) is 0 Å². The minimum Gasteiger partial charge on any atom is -0.394 e. The molecule has 0 spiro atoms. The summed E-state index contributed by atoms with van der Waals surface area (Å²) >= 11 is 1.38. The van der Waals surface area contributed by atoms with Crippen LogP contribution in [-0.4, -0.2) is 29.8 Å². The number of amides is 1. The Morgan fingerprint density at radius 1 is 1.62 bits per heavy atom. The number of hydrogen-bond donors (Lipinski definition) is 2. The molecular formula is C11H16FNO2S. The summed E-state index contributed by atoms with van der Waals surface area (Å²) in [6.45, 7) is 2.70. The molecule has 90 valence electrons. The minimum absolute atomic E-state index is 0.111. The summed E-state index contributed by atoms with van der Waals surface area (Å²) in [6.07, 6.45) is 0.111. The summed E-state index contributed by atoms with van der Waals surface area (Å²) in [4.78, 5) is 13.4. The predicted molar refractivity (Wildman–Crippen MR) is 62.6 cm³/mol. The maximum absolute atomic E-state index is 12.3. The van der Waals surface area contributed by atoms with Gasteiger partial charge in [0.15, 0.2) is 0 Å². The highest BCUT2D eigenvalue weighted by atomic mass is 32.1. The monoisotopic (exact) mass is 245 g/mol. The molecule has 0 saturated carbocycles. The summed E-state index contributed by atoms with van der Waals surface area (Å²) in [7, 11) is 0. The summed E-state index contributed by atoms with van der Waals surface area (Å²) in [6, 6.07) is 3.58. The third-order valence-electron chi connectivity index (χ3n) is 2.37. The van der Waals surface area contributed by atoms with Gasteiger partial charge in [0.05, 0.1) is 23.7 Å². The van der Waals surface area contributed by atoms with E-state index in [0.717, 1.165) is 4.88 Å². The average molecular weight is 245 g/mol. The van der Waals surface area contributed by atoms with E-state index in [9.17, 15) is 9.18 Å². The van der Waals surface area contributed by atoms with Crippen molar-refractivity contribution in [1.82, 2.24) is 5.32 Å². The lowest BCUT2D eigenvalue weighted by Gasteiger charge is -2.27. The van der Waals surface area contributed by atoms with E-state index >= 15 is 0 Å². The first kappa shape index (κ1) is 13.1. The average Bonchev–Trinajstić information content (AvgIpc) is 2.65. The highest BCUT2D eigenvalue weighted by Gasteiger charge is 2.26. The maximum atomic E-state index is 12.3. The Morgan fingerprint density at radius 3 is 2.75 bits per heavy atom. The second kappa shape index (κ2) is 5.41. The number of hydrogen-bond acceptors (Lipinski definition) is 3. The van der Waals surface area contributed by atoms with Gasteiger partial charge < -0.3 is 10.4 Å². The van der Waals surface area contributed by atoms with Crippen molar-refractivity contribution in [3.05, 3.63) is 21.9 Å². The molecule has 0 aliphatic rings. The number of aliphatic hydroxyl groups is 1. The minimum atomic E-state index is -0.885. The van der Waals surface area contributed by atoms with E-state index in [2.05, 4.69) is 5.32 Å². The van der Waals surface area contributed by atoms with Crippen molar-refractivity contribution in [3.8, 4) is 0 Å². The zero-order chi connectivity index (χ0) is 12.2. The zero-order valence-electron chi connectivity index (χ0n) is 9.42. The number of rotatable bonds is 5. The van der Waals surface area contributed by atoms with Crippen molar-refractivity contribution < 1.29 is 14.3 Å². The molecule has 0 aromatic carbocycles. The Bertz CT molecular complexity index is 367. The molecule has 1 heterocycles. The third-order valence-corrected chi connectivity index (χ3v) is 3.37. The molecule has 0 aliphatic carbocycles. The number of halogens is 1. The second-order valence-electron chi connectivity index (χ2n) is 4.02. The van der Waals surface area contributed by atoms with Gasteiger partial charge >= 0.3 is 0 Å². The highest BCUT2D eigenvalue weighted by Crippen LogP contribution is 2.17. The van der Waals surface area contributed by atoms with Crippen LogP contribution in [0.1, 0.15) is 27.9 Å². The molecule has 1 atom stereocenters. The standard InChI is InChI=1S/C11H16FNO2S/c1-8-3-4-9(16-8)10(15)13-11(2,7-14)5-6-12/h3-4,14H,5-7H2,1-2H3,(H,13,15). The zero-order valence-corrected chi connectivity index (χ0v) is 10.2. The molecule has 1 aromatic heterocycles. The normalized spacial score (nSPS) is 14.5. The van der Waals surface area contributed by atoms with Gasteiger partial charge in [0, 0.05) is 11.3 Å². The quantitative estimate of drug-likeness (QED) is 0.832. The van der Waals surface area contributed by atoms with Crippen LogP contribution in [0.5, 0.6) is 0 Å². The van der Waals surface area contributed by atoms with Gasteiger partial charge in [-0.3, -0.25) is 9.18 Å². The molecule has 0 aliphatic heterocycles. The molecule has 1 aromatic rings. The van der Waals surface area contributed by atoms with Crippen LogP contribution in [-0.2, 0) is 0 Å². The van der Waals surface area contributed by atoms with E-state index in [1.165, 1.54) is 11.3 Å². The number of aliphatic hydroxyl groups excluding tert-OH is 1. The van der Waals surface area contributed by atoms with E-state index in [1.54, 1.807) is 13.0 Å². The number of thiophene rings is 1. The molecular weight excluding hydrogens is 229 g/mol. The van der Waals surface area contributed by atoms with E-state index in [0.29, 0.717) is 4.88 Å². The SMILES string of the molecule is Cc1ccc(C(=O)NC(C)(CO)CCF)s1. The van der Waals surface area contributed by atoms with Crippen LogP contribution >= 0.6 is 11.3 Å². The summed E-state index contributed by atoms with van der Waals surface area (Å²) in [5.74, 6) is -0.261. The predicted octanol–water partition coefficient (Wildman–Crippen LogP) is 1.90. The van der Waals surface area contributed by atoms with E-state index in [1.807, 2.05) is 13.0 Å². The summed E-state index contributed by atoms with van der Waals surface area (Å²) in [5.41, 5.74) is -0.885. The smallest absolute Gasteiger partial charge is 0.261 e. The number of carbonyl (C=O) groups excluding carboxylic acids is 1. The van der Waals surface area contributed by atoms with Gasteiger partial charge in [0.1, 0.15) is 0 Å². The van der Waals surface area contributed by atoms with Crippen LogP contribution in [0.2, 0.25) is 0 Å². The van der Waals surface area contributed by atoms with E-state index < -0.39 is 12.2 Å². The van der Waals surface area contributed by atoms with Crippen molar-refractivity contribution in [3.63, 3.8) is 0 Å². The molecule has 3 nitrogen and oxygen atoms in total. The van der Waals surface area contributed by atoms with E-state index in [-0.39, 0.29) is 18.9 Å². The van der Waals surface area contributed by atoms with Crippen LogP contribution in [0, 0.1) is 6.92 Å². The number of alkyl halides is 1. The fourth-order valence-corrected chi connectivity index (χ4v) is 2.04. The van der Waals surface area contributed by atoms with Crippen molar-refractivity contribution in [1.29, 1.82) is 0 Å². The lowest BCUT2D eigenvalue weighted by molar-refractivity contribution is 0.0837. The highest BCUT2D eigenvalue weighted by molar-refractivity contribution is 7.13. The van der Waals surface area contributed by atoms with Crippen LogP contribution < -0.4 is 5.32 Å². The van der Waals surface area contributed by atoms with Gasteiger partial charge in [-0.25, -0.2) is 0 Å². The Hall–Kier alpha value is -0.940. The second-order valence-corrected chi connectivity index (χ2v) is 5.31. The van der Waals surface area contributed by atoms with Crippen LogP contribution in [0.25, 0.3) is 0 Å². The molecule has 5 heteroatoms.